The molecule has 0 bridgehead atoms. The van der Waals surface area contributed by atoms with E-state index in [4.69, 9.17) is 4.74 Å². The normalized spacial score (nSPS) is 14.8. The molecule has 2 N–H and O–H groups in total. The molecule has 0 atom stereocenters. The van der Waals surface area contributed by atoms with Crippen LogP contribution in [0.2, 0.25) is 0 Å². The van der Waals surface area contributed by atoms with Crippen LogP contribution in [0.25, 0.3) is 10.9 Å². The predicted octanol–water partition coefficient (Wildman–Crippen LogP) is 5.95. The van der Waals surface area contributed by atoms with E-state index in [9.17, 15) is 9.59 Å². The lowest BCUT2D eigenvalue weighted by Crippen LogP contribution is -2.40. The Morgan fingerprint density at radius 2 is 1.91 bits per heavy atom. The van der Waals surface area contributed by atoms with Crippen molar-refractivity contribution in [3.05, 3.63) is 60.3 Å². The van der Waals surface area contributed by atoms with E-state index in [1.807, 2.05) is 37.3 Å². The summed E-state index contributed by atoms with van der Waals surface area (Å²) in [6.07, 6.45) is 5.22. The highest BCUT2D eigenvalue weighted by Crippen LogP contribution is 2.35. The van der Waals surface area contributed by atoms with Gasteiger partial charge in [0.25, 0.3) is 0 Å². The third kappa shape index (κ3) is 5.37. The fourth-order valence-electron chi connectivity index (χ4n) is 4.30. The van der Waals surface area contributed by atoms with Gasteiger partial charge in [-0.1, -0.05) is 31.5 Å². The monoisotopic (exact) mass is 448 g/mol. The molecule has 4 rings (SSSR count). The summed E-state index contributed by atoms with van der Waals surface area (Å²) < 4.78 is 5.42. The molecule has 1 aromatic heterocycles. The highest BCUT2D eigenvalue weighted by Gasteiger charge is 2.27. The van der Waals surface area contributed by atoms with Crippen LogP contribution in [-0.4, -0.2) is 48.8 Å². The number of anilines is 2. The van der Waals surface area contributed by atoms with Crippen molar-refractivity contribution >= 4 is 34.4 Å². The average Bonchev–Trinajstić information content (AvgIpc) is 3.24. The van der Waals surface area contributed by atoms with Gasteiger partial charge in [-0.25, -0.2) is 9.59 Å². The summed E-state index contributed by atoms with van der Waals surface area (Å²) in [5.41, 5.74) is 3.34. The second-order valence-electron chi connectivity index (χ2n) is 8.65. The van der Waals surface area contributed by atoms with Crippen molar-refractivity contribution in [2.75, 3.05) is 37.0 Å². The summed E-state index contributed by atoms with van der Waals surface area (Å²) >= 11 is 0. The average molecular weight is 449 g/mol. The number of piperidine rings is 1. The Labute approximate surface area is 194 Å². The number of hydrogen-bond acceptors (Lipinski definition) is 4. The summed E-state index contributed by atoms with van der Waals surface area (Å²) in [5, 5.41) is 3.85. The highest BCUT2D eigenvalue weighted by atomic mass is 16.6. The maximum absolute atomic E-state index is 13.2. The van der Waals surface area contributed by atoms with Crippen LogP contribution in [0.4, 0.5) is 21.0 Å². The summed E-state index contributed by atoms with van der Waals surface area (Å²) in [4.78, 5) is 33.0. The minimum atomic E-state index is -0.674. The fraction of sp³-hybridized carbons (Fsp3) is 0.385. The van der Waals surface area contributed by atoms with E-state index in [0.29, 0.717) is 17.3 Å². The van der Waals surface area contributed by atoms with Crippen molar-refractivity contribution < 1.29 is 14.3 Å². The number of ether oxygens (including phenoxy) is 1. The second kappa shape index (κ2) is 10.5. The van der Waals surface area contributed by atoms with Gasteiger partial charge < -0.3 is 19.9 Å². The molecule has 1 saturated heterocycles. The first-order valence-electron chi connectivity index (χ1n) is 11.7. The van der Waals surface area contributed by atoms with E-state index in [0.717, 1.165) is 54.6 Å². The summed E-state index contributed by atoms with van der Waals surface area (Å²) in [5.74, 6) is 0.452. The van der Waals surface area contributed by atoms with Gasteiger partial charge in [-0.15, -0.1) is 0 Å². The Balaban J connectivity index is 1.64. The molecule has 174 valence electrons. The van der Waals surface area contributed by atoms with Gasteiger partial charge in [0, 0.05) is 22.8 Å². The van der Waals surface area contributed by atoms with E-state index >= 15 is 0 Å². The van der Waals surface area contributed by atoms with Crippen LogP contribution >= 0.6 is 0 Å². The zero-order valence-electron chi connectivity index (χ0n) is 19.3. The molecule has 0 aliphatic carbocycles. The summed E-state index contributed by atoms with van der Waals surface area (Å²) in [7, 11) is 2.15. The first kappa shape index (κ1) is 22.9. The Hall–Kier alpha value is -3.32. The smallest absolute Gasteiger partial charge is 0.422 e. The van der Waals surface area contributed by atoms with Gasteiger partial charge in [0.1, 0.15) is 0 Å². The van der Waals surface area contributed by atoms with Crippen LogP contribution in [0.1, 0.15) is 44.1 Å². The standard InChI is InChI=1S/C26H32N4O3/c1-3-4-16-33-26(32)30(25(31)28-20-8-6-5-7-9-20)21-10-11-24-22(17-21)23(18-27-24)19-12-14-29(2)15-13-19/h5-11,17-19,27H,3-4,12-16H2,1-2H3,(H,28,31). The number of aromatic nitrogens is 1. The summed E-state index contributed by atoms with van der Waals surface area (Å²) in [6.45, 7) is 4.43. The van der Waals surface area contributed by atoms with Crippen LogP contribution in [-0.2, 0) is 4.74 Å². The number of carbonyl (C=O) groups excluding carboxylic acids is 2. The number of carbonyl (C=O) groups is 2. The van der Waals surface area contributed by atoms with E-state index in [-0.39, 0.29) is 6.61 Å². The molecule has 1 fully saturated rings. The predicted molar refractivity (Wildman–Crippen MR) is 132 cm³/mol. The third-order valence-corrected chi connectivity index (χ3v) is 6.25. The van der Waals surface area contributed by atoms with Crippen molar-refractivity contribution in [1.29, 1.82) is 0 Å². The number of hydrogen-bond donors (Lipinski definition) is 2. The van der Waals surface area contributed by atoms with Crippen LogP contribution < -0.4 is 10.2 Å². The quantitative estimate of drug-likeness (QED) is 0.457. The second-order valence-corrected chi connectivity index (χ2v) is 8.65. The largest absolute Gasteiger partial charge is 0.449 e. The molecule has 0 unspecified atom stereocenters. The Morgan fingerprint density at radius 3 is 2.64 bits per heavy atom. The zero-order chi connectivity index (χ0) is 23.2. The lowest BCUT2D eigenvalue weighted by molar-refractivity contribution is 0.153. The molecule has 3 amide bonds. The Morgan fingerprint density at radius 1 is 1.15 bits per heavy atom. The van der Waals surface area contributed by atoms with Gasteiger partial charge in [0.15, 0.2) is 0 Å². The molecule has 2 heterocycles. The first-order valence-corrected chi connectivity index (χ1v) is 11.7. The van der Waals surface area contributed by atoms with Crippen molar-refractivity contribution in [2.45, 2.75) is 38.5 Å². The number of para-hydroxylation sites is 1. The van der Waals surface area contributed by atoms with Crippen LogP contribution in [0.3, 0.4) is 0 Å². The van der Waals surface area contributed by atoms with Crippen LogP contribution in [0.5, 0.6) is 0 Å². The van der Waals surface area contributed by atoms with E-state index in [2.05, 4.69) is 28.4 Å². The minimum Gasteiger partial charge on any atom is -0.449 e. The number of H-pyrrole nitrogens is 1. The van der Waals surface area contributed by atoms with Crippen molar-refractivity contribution in [3.63, 3.8) is 0 Å². The van der Waals surface area contributed by atoms with Crippen molar-refractivity contribution in [1.82, 2.24) is 9.88 Å². The lowest BCUT2D eigenvalue weighted by Gasteiger charge is -2.29. The number of amides is 3. The molecule has 3 aromatic rings. The van der Waals surface area contributed by atoms with Crippen molar-refractivity contribution in [3.8, 4) is 0 Å². The lowest BCUT2D eigenvalue weighted by atomic mass is 9.89. The van der Waals surface area contributed by atoms with Gasteiger partial charge in [0.05, 0.1) is 12.3 Å². The molecular formula is C26H32N4O3. The number of nitrogens with zero attached hydrogens (tertiary/aromatic N) is 2. The number of rotatable bonds is 6. The SMILES string of the molecule is CCCCOC(=O)N(C(=O)Nc1ccccc1)c1ccc2[nH]cc(C3CCN(C)CC3)c2c1. The molecule has 1 aliphatic heterocycles. The molecule has 7 nitrogen and oxygen atoms in total. The Kier molecular flexibility index (Phi) is 7.29. The highest BCUT2D eigenvalue weighted by molar-refractivity contribution is 6.17. The van der Waals surface area contributed by atoms with E-state index in [1.165, 1.54) is 5.56 Å². The molecule has 7 heteroatoms. The number of urea groups is 1. The number of fused-ring (bicyclic) bond motifs is 1. The van der Waals surface area contributed by atoms with E-state index in [1.54, 1.807) is 18.2 Å². The van der Waals surface area contributed by atoms with Crippen molar-refractivity contribution in [2.24, 2.45) is 0 Å². The molecule has 1 aliphatic rings. The number of likely N-dealkylation sites (tertiary alicyclic amines) is 1. The fourth-order valence-corrected chi connectivity index (χ4v) is 4.30. The zero-order valence-corrected chi connectivity index (χ0v) is 19.3. The number of benzene rings is 2. The molecule has 0 saturated carbocycles. The van der Waals surface area contributed by atoms with Crippen LogP contribution in [0, 0.1) is 0 Å². The maximum Gasteiger partial charge on any atom is 0.422 e. The molecule has 0 radical (unpaired) electrons. The molecule has 0 spiro atoms. The number of aromatic amines is 1. The summed E-state index contributed by atoms with van der Waals surface area (Å²) in [6, 6.07) is 14.2. The topological polar surface area (TPSA) is 77.7 Å². The molecule has 2 aromatic carbocycles. The minimum absolute atomic E-state index is 0.275. The number of imide groups is 1. The maximum atomic E-state index is 13.2. The Bertz CT molecular complexity index is 1090. The van der Waals surface area contributed by atoms with Gasteiger partial charge in [0.2, 0.25) is 0 Å². The van der Waals surface area contributed by atoms with E-state index < -0.39 is 12.1 Å². The number of unbranched alkanes of at least 4 members (excludes halogenated alkanes) is 1. The molecular weight excluding hydrogens is 416 g/mol. The third-order valence-electron chi connectivity index (χ3n) is 6.25. The first-order chi connectivity index (χ1) is 16.1. The van der Waals surface area contributed by atoms with Gasteiger partial charge in [-0.2, -0.15) is 4.90 Å². The van der Waals surface area contributed by atoms with Crippen LogP contribution in [0.15, 0.2) is 54.7 Å². The van der Waals surface area contributed by atoms with Gasteiger partial charge in [-0.05, 0) is 81.2 Å². The van der Waals surface area contributed by atoms with Gasteiger partial charge in [-0.3, -0.25) is 0 Å². The molecule has 33 heavy (non-hydrogen) atoms. The number of nitrogens with one attached hydrogen (secondary N) is 2. The van der Waals surface area contributed by atoms with Gasteiger partial charge >= 0.3 is 12.1 Å².